The molecule has 0 aromatic heterocycles. The van der Waals surface area contributed by atoms with Gasteiger partial charge in [0.1, 0.15) is 0 Å². The first-order chi connectivity index (χ1) is 9.56. The summed E-state index contributed by atoms with van der Waals surface area (Å²) in [6.07, 6.45) is 2.91. The number of hydrazine groups is 1. The maximum atomic E-state index is 11.2. The number of benzene rings is 1. The van der Waals surface area contributed by atoms with Crippen LogP contribution in [0.15, 0.2) is 18.2 Å². The quantitative estimate of drug-likeness (QED) is 0.563. The van der Waals surface area contributed by atoms with Gasteiger partial charge in [-0.15, -0.1) is 0 Å². The molecule has 0 amide bonds. The standard InChI is InChI=1S/C14H20N4O2/c1-8-2-5-13(18(19)20)11(6-8)14-10-4-3-9(15)7-12(10)16-17-14/h2,5-6,9-10,12,14,16-17H,3-4,7,15H2,1H3. The van der Waals surface area contributed by atoms with Gasteiger partial charge in [0, 0.05) is 23.7 Å². The molecule has 6 nitrogen and oxygen atoms in total. The summed E-state index contributed by atoms with van der Waals surface area (Å²) in [6, 6.07) is 5.86. The van der Waals surface area contributed by atoms with E-state index in [1.165, 1.54) is 0 Å². The van der Waals surface area contributed by atoms with Crippen LogP contribution in [0.3, 0.4) is 0 Å². The van der Waals surface area contributed by atoms with Crippen molar-refractivity contribution in [1.29, 1.82) is 0 Å². The lowest BCUT2D eigenvalue weighted by atomic mass is 9.77. The highest BCUT2D eigenvalue weighted by Crippen LogP contribution is 2.40. The smallest absolute Gasteiger partial charge is 0.274 e. The zero-order chi connectivity index (χ0) is 14.3. The molecule has 4 N–H and O–H groups in total. The predicted molar refractivity (Wildman–Crippen MR) is 76.0 cm³/mol. The van der Waals surface area contributed by atoms with E-state index in [0.29, 0.717) is 12.0 Å². The fourth-order valence-electron chi connectivity index (χ4n) is 3.49. The molecule has 1 aliphatic carbocycles. The Morgan fingerprint density at radius 3 is 2.90 bits per heavy atom. The molecule has 20 heavy (non-hydrogen) atoms. The highest BCUT2D eigenvalue weighted by Gasteiger charge is 2.42. The van der Waals surface area contributed by atoms with E-state index >= 15 is 0 Å². The summed E-state index contributed by atoms with van der Waals surface area (Å²) in [4.78, 5) is 10.9. The van der Waals surface area contributed by atoms with Gasteiger partial charge in [-0.05, 0) is 38.2 Å². The van der Waals surface area contributed by atoms with Crippen LogP contribution < -0.4 is 16.6 Å². The van der Waals surface area contributed by atoms with Crippen LogP contribution in [0.4, 0.5) is 5.69 Å². The van der Waals surface area contributed by atoms with Gasteiger partial charge in [0.15, 0.2) is 0 Å². The molecule has 0 radical (unpaired) electrons. The number of rotatable bonds is 2. The predicted octanol–water partition coefficient (Wildman–Crippen LogP) is 1.55. The third-order valence-electron chi connectivity index (χ3n) is 4.51. The average molecular weight is 276 g/mol. The number of nitrogens with zero attached hydrogens (tertiary/aromatic N) is 1. The molecule has 1 heterocycles. The summed E-state index contributed by atoms with van der Waals surface area (Å²) in [5, 5.41) is 11.2. The monoisotopic (exact) mass is 276 g/mol. The molecule has 4 atom stereocenters. The number of hydrogen-bond donors (Lipinski definition) is 3. The first kappa shape index (κ1) is 13.5. The number of nitrogens with one attached hydrogen (secondary N) is 2. The summed E-state index contributed by atoms with van der Waals surface area (Å²) in [6.45, 7) is 1.96. The van der Waals surface area contributed by atoms with Crippen LogP contribution in [0.2, 0.25) is 0 Å². The zero-order valence-electron chi connectivity index (χ0n) is 11.5. The number of nitro benzene ring substituents is 1. The van der Waals surface area contributed by atoms with Crippen molar-refractivity contribution in [3.8, 4) is 0 Å². The van der Waals surface area contributed by atoms with Gasteiger partial charge >= 0.3 is 0 Å². The van der Waals surface area contributed by atoms with Gasteiger partial charge in [0.25, 0.3) is 5.69 Å². The van der Waals surface area contributed by atoms with Crippen LogP contribution in [-0.2, 0) is 0 Å². The first-order valence-corrected chi connectivity index (χ1v) is 7.08. The van der Waals surface area contributed by atoms with Crippen molar-refractivity contribution in [2.75, 3.05) is 0 Å². The Bertz CT molecular complexity index is 534. The van der Waals surface area contributed by atoms with E-state index in [9.17, 15) is 10.1 Å². The Morgan fingerprint density at radius 1 is 1.35 bits per heavy atom. The van der Waals surface area contributed by atoms with E-state index in [-0.39, 0.29) is 22.7 Å². The normalized spacial score (nSPS) is 32.9. The van der Waals surface area contributed by atoms with E-state index < -0.39 is 0 Å². The third kappa shape index (κ3) is 2.30. The maximum Gasteiger partial charge on any atom is 0.274 e. The summed E-state index contributed by atoms with van der Waals surface area (Å²) >= 11 is 0. The van der Waals surface area contributed by atoms with Crippen LogP contribution >= 0.6 is 0 Å². The second kappa shape index (κ2) is 5.12. The van der Waals surface area contributed by atoms with Crippen LogP contribution in [0.25, 0.3) is 0 Å². The molecular weight excluding hydrogens is 256 g/mol. The minimum atomic E-state index is -0.293. The molecule has 6 heteroatoms. The molecule has 0 spiro atoms. The molecule has 1 saturated carbocycles. The Kier molecular flexibility index (Phi) is 3.45. The molecule has 108 valence electrons. The van der Waals surface area contributed by atoms with Crippen LogP contribution in [0.5, 0.6) is 0 Å². The SMILES string of the molecule is Cc1ccc([N+](=O)[O-])c(C2NNC3CC(N)CCC32)c1. The van der Waals surface area contributed by atoms with Crippen molar-refractivity contribution in [2.45, 2.75) is 44.3 Å². The van der Waals surface area contributed by atoms with Gasteiger partial charge in [-0.3, -0.25) is 15.5 Å². The van der Waals surface area contributed by atoms with Crippen molar-refractivity contribution in [2.24, 2.45) is 11.7 Å². The fraction of sp³-hybridized carbons (Fsp3) is 0.571. The molecule has 1 aliphatic heterocycles. The van der Waals surface area contributed by atoms with Gasteiger partial charge in [0.05, 0.1) is 11.0 Å². The lowest BCUT2D eigenvalue weighted by Gasteiger charge is -2.31. The molecule has 0 bridgehead atoms. The van der Waals surface area contributed by atoms with Gasteiger partial charge in [-0.1, -0.05) is 11.6 Å². The Morgan fingerprint density at radius 2 is 2.15 bits per heavy atom. The molecule has 1 saturated heterocycles. The third-order valence-corrected chi connectivity index (χ3v) is 4.51. The van der Waals surface area contributed by atoms with Crippen molar-refractivity contribution in [3.63, 3.8) is 0 Å². The van der Waals surface area contributed by atoms with E-state index in [2.05, 4.69) is 10.9 Å². The van der Waals surface area contributed by atoms with Crippen molar-refractivity contribution >= 4 is 5.69 Å². The molecule has 4 unspecified atom stereocenters. The highest BCUT2D eigenvalue weighted by molar-refractivity contribution is 5.45. The van der Waals surface area contributed by atoms with E-state index in [0.717, 1.165) is 30.4 Å². The number of hydrogen-bond acceptors (Lipinski definition) is 5. The van der Waals surface area contributed by atoms with Crippen LogP contribution in [0.1, 0.15) is 36.4 Å². The number of aryl methyl sites for hydroxylation is 1. The largest absolute Gasteiger partial charge is 0.328 e. The van der Waals surface area contributed by atoms with Crippen LogP contribution in [-0.4, -0.2) is 17.0 Å². The summed E-state index contributed by atoms with van der Waals surface area (Å²) in [5.74, 6) is 0.371. The fourth-order valence-corrected chi connectivity index (χ4v) is 3.49. The van der Waals surface area contributed by atoms with Crippen molar-refractivity contribution in [3.05, 3.63) is 39.4 Å². The molecular formula is C14H20N4O2. The Hall–Kier alpha value is -1.50. The average Bonchev–Trinajstić information content (AvgIpc) is 2.80. The maximum absolute atomic E-state index is 11.2. The number of nitro groups is 1. The molecule has 1 aromatic rings. The Labute approximate surface area is 117 Å². The van der Waals surface area contributed by atoms with Crippen molar-refractivity contribution < 1.29 is 4.92 Å². The molecule has 1 aromatic carbocycles. The Balaban J connectivity index is 1.93. The van der Waals surface area contributed by atoms with E-state index in [1.54, 1.807) is 12.1 Å². The van der Waals surface area contributed by atoms with E-state index in [1.807, 2.05) is 13.0 Å². The van der Waals surface area contributed by atoms with Gasteiger partial charge < -0.3 is 5.73 Å². The summed E-state index contributed by atoms with van der Waals surface area (Å²) < 4.78 is 0. The molecule has 3 rings (SSSR count). The lowest BCUT2D eigenvalue weighted by molar-refractivity contribution is -0.385. The number of nitrogens with two attached hydrogens (primary N) is 1. The topological polar surface area (TPSA) is 93.2 Å². The minimum absolute atomic E-state index is 0.00667. The second-order valence-corrected chi connectivity index (χ2v) is 5.93. The first-order valence-electron chi connectivity index (χ1n) is 7.08. The minimum Gasteiger partial charge on any atom is -0.328 e. The van der Waals surface area contributed by atoms with Crippen LogP contribution in [0, 0.1) is 23.0 Å². The molecule has 2 fully saturated rings. The van der Waals surface area contributed by atoms with Crippen molar-refractivity contribution in [1.82, 2.24) is 10.9 Å². The van der Waals surface area contributed by atoms with Gasteiger partial charge in [-0.25, -0.2) is 5.43 Å². The zero-order valence-corrected chi connectivity index (χ0v) is 11.5. The summed E-state index contributed by atoms with van der Waals surface area (Å²) in [5.41, 5.74) is 14.5. The second-order valence-electron chi connectivity index (χ2n) is 5.93. The lowest BCUT2D eigenvalue weighted by Crippen LogP contribution is -2.41. The summed E-state index contributed by atoms with van der Waals surface area (Å²) in [7, 11) is 0. The van der Waals surface area contributed by atoms with Gasteiger partial charge in [-0.2, -0.15) is 0 Å². The van der Waals surface area contributed by atoms with Gasteiger partial charge in [0.2, 0.25) is 0 Å². The van der Waals surface area contributed by atoms with E-state index in [4.69, 9.17) is 5.73 Å². The highest BCUT2D eigenvalue weighted by atomic mass is 16.6. The number of fused-ring (bicyclic) bond motifs is 1. The molecule has 2 aliphatic rings.